The van der Waals surface area contributed by atoms with Crippen LogP contribution in [0.5, 0.6) is 0 Å². The molecule has 0 saturated carbocycles. The third-order valence-corrected chi connectivity index (χ3v) is 2.96. The van der Waals surface area contributed by atoms with E-state index >= 15 is 0 Å². The molecule has 1 aromatic heterocycles. The van der Waals surface area contributed by atoms with Gasteiger partial charge in [0.15, 0.2) is 0 Å². The summed E-state index contributed by atoms with van der Waals surface area (Å²) in [6, 6.07) is 8.15. The fraction of sp³-hybridized carbons (Fsp3) is 0.286. The smallest absolute Gasteiger partial charge is 0.134 e. The Kier molecular flexibility index (Phi) is 4.32. The number of nitrogens with zero attached hydrogens (tertiary/aromatic N) is 3. The third kappa shape index (κ3) is 3.64. The van der Waals surface area contributed by atoms with Crippen LogP contribution in [0, 0.1) is 5.82 Å². The predicted octanol–water partition coefficient (Wildman–Crippen LogP) is 3.47. The summed E-state index contributed by atoms with van der Waals surface area (Å²) in [4.78, 5) is 10.5. The molecule has 3 nitrogen and oxygen atoms in total. The molecule has 0 aliphatic rings. The zero-order chi connectivity index (χ0) is 13.8. The summed E-state index contributed by atoms with van der Waals surface area (Å²) < 4.78 is 12.8. The van der Waals surface area contributed by atoms with Crippen molar-refractivity contribution in [3.8, 4) is 0 Å². The van der Waals surface area contributed by atoms with Crippen molar-refractivity contribution in [1.29, 1.82) is 0 Å². The van der Waals surface area contributed by atoms with E-state index < -0.39 is 0 Å². The Balaban J connectivity index is 2.17. The molecule has 5 heteroatoms. The van der Waals surface area contributed by atoms with Crippen LogP contribution in [0.25, 0.3) is 0 Å². The lowest BCUT2D eigenvalue weighted by Crippen LogP contribution is -2.18. The van der Waals surface area contributed by atoms with Crippen LogP contribution in [-0.4, -0.2) is 17.0 Å². The number of hydrogen-bond acceptors (Lipinski definition) is 3. The maximum atomic E-state index is 12.8. The molecule has 19 heavy (non-hydrogen) atoms. The van der Waals surface area contributed by atoms with Crippen molar-refractivity contribution in [3.63, 3.8) is 0 Å². The molecule has 1 heterocycles. The molecule has 0 amide bonds. The molecular weight excluding hydrogens is 265 g/mol. The van der Waals surface area contributed by atoms with Gasteiger partial charge in [-0.1, -0.05) is 30.7 Å². The molecule has 1 aromatic carbocycles. The molecule has 0 saturated heterocycles. The second-order valence-electron chi connectivity index (χ2n) is 4.30. The molecule has 0 aliphatic carbocycles. The number of benzene rings is 1. The van der Waals surface area contributed by atoms with E-state index in [0.717, 1.165) is 17.8 Å². The Morgan fingerprint density at radius 2 is 1.89 bits per heavy atom. The van der Waals surface area contributed by atoms with E-state index in [0.29, 0.717) is 17.5 Å². The van der Waals surface area contributed by atoms with Gasteiger partial charge in [0.25, 0.3) is 0 Å². The van der Waals surface area contributed by atoms with Crippen molar-refractivity contribution in [2.24, 2.45) is 0 Å². The molecule has 2 aromatic rings. The first-order valence-electron chi connectivity index (χ1n) is 6.07. The topological polar surface area (TPSA) is 29.0 Å². The molecule has 0 aliphatic heterocycles. The molecule has 0 spiro atoms. The van der Waals surface area contributed by atoms with Crippen LogP contribution < -0.4 is 4.90 Å². The van der Waals surface area contributed by atoms with Crippen LogP contribution in [0.1, 0.15) is 18.3 Å². The summed E-state index contributed by atoms with van der Waals surface area (Å²) in [5.74, 6) is 1.25. The lowest BCUT2D eigenvalue weighted by Gasteiger charge is -2.19. The van der Waals surface area contributed by atoms with Gasteiger partial charge < -0.3 is 4.90 Å². The monoisotopic (exact) mass is 279 g/mol. The second-order valence-corrected chi connectivity index (χ2v) is 4.69. The number of hydrogen-bond donors (Lipinski definition) is 0. The zero-order valence-electron chi connectivity index (χ0n) is 10.9. The molecule has 0 atom stereocenters. The number of halogens is 2. The SMILES string of the molecule is CCc1nc(Cl)cc(N(C)Cc2ccc(F)cc2)n1. The average Bonchev–Trinajstić information content (AvgIpc) is 2.40. The van der Waals surface area contributed by atoms with Crippen LogP contribution in [0.4, 0.5) is 10.2 Å². The van der Waals surface area contributed by atoms with Gasteiger partial charge in [0.05, 0.1) is 0 Å². The highest BCUT2D eigenvalue weighted by Crippen LogP contribution is 2.17. The highest BCUT2D eigenvalue weighted by atomic mass is 35.5. The Morgan fingerprint density at radius 3 is 2.53 bits per heavy atom. The van der Waals surface area contributed by atoms with Gasteiger partial charge in [-0.05, 0) is 17.7 Å². The summed E-state index contributed by atoms with van der Waals surface area (Å²) >= 11 is 5.97. The summed E-state index contributed by atoms with van der Waals surface area (Å²) in [5.41, 5.74) is 1.01. The first-order chi connectivity index (χ1) is 9.08. The van der Waals surface area contributed by atoms with Gasteiger partial charge in [-0.2, -0.15) is 0 Å². The van der Waals surface area contributed by atoms with Gasteiger partial charge in [0.1, 0.15) is 22.6 Å². The maximum absolute atomic E-state index is 12.8. The molecule has 0 radical (unpaired) electrons. The van der Waals surface area contributed by atoms with Crippen molar-refractivity contribution in [2.75, 3.05) is 11.9 Å². The molecule has 0 unspecified atom stereocenters. The van der Waals surface area contributed by atoms with Crippen molar-refractivity contribution in [1.82, 2.24) is 9.97 Å². The Labute approximate surface area is 117 Å². The summed E-state index contributed by atoms with van der Waals surface area (Å²) in [7, 11) is 1.92. The second kappa shape index (κ2) is 5.97. The van der Waals surface area contributed by atoms with Gasteiger partial charge in [-0.15, -0.1) is 0 Å². The van der Waals surface area contributed by atoms with Gasteiger partial charge in [-0.3, -0.25) is 0 Å². The molecule has 100 valence electrons. The summed E-state index contributed by atoms with van der Waals surface area (Å²) in [6.07, 6.45) is 0.734. The first-order valence-corrected chi connectivity index (χ1v) is 6.45. The van der Waals surface area contributed by atoms with Gasteiger partial charge in [-0.25, -0.2) is 14.4 Å². The Bertz CT molecular complexity index is 557. The summed E-state index contributed by atoms with van der Waals surface area (Å²) in [6.45, 7) is 2.62. The van der Waals surface area contributed by atoms with Crippen LogP contribution in [0.2, 0.25) is 5.15 Å². The molecular formula is C14H15ClFN3. The molecule has 2 rings (SSSR count). The van der Waals surface area contributed by atoms with E-state index in [1.807, 2.05) is 18.9 Å². The van der Waals surface area contributed by atoms with Crippen LogP contribution in [-0.2, 0) is 13.0 Å². The number of rotatable bonds is 4. The highest BCUT2D eigenvalue weighted by molar-refractivity contribution is 6.29. The van der Waals surface area contributed by atoms with E-state index in [9.17, 15) is 4.39 Å². The quantitative estimate of drug-likeness (QED) is 0.803. The number of aromatic nitrogens is 2. The van der Waals surface area contributed by atoms with Crippen molar-refractivity contribution in [3.05, 3.63) is 52.7 Å². The predicted molar refractivity (Wildman–Crippen MR) is 74.9 cm³/mol. The first kappa shape index (κ1) is 13.7. The third-order valence-electron chi connectivity index (χ3n) is 2.77. The van der Waals surface area contributed by atoms with Crippen LogP contribution >= 0.6 is 11.6 Å². The minimum Gasteiger partial charge on any atom is -0.355 e. The fourth-order valence-corrected chi connectivity index (χ4v) is 1.95. The van der Waals surface area contributed by atoms with E-state index in [1.165, 1.54) is 12.1 Å². The molecule has 0 bridgehead atoms. The van der Waals surface area contributed by atoms with Gasteiger partial charge in [0, 0.05) is 26.1 Å². The standard InChI is InChI=1S/C14H15ClFN3/c1-3-13-17-12(15)8-14(18-13)19(2)9-10-4-6-11(16)7-5-10/h4-8H,3,9H2,1-2H3. The lowest BCUT2D eigenvalue weighted by molar-refractivity contribution is 0.627. The lowest BCUT2D eigenvalue weighted by atomic mass is 10.2. The van der Waals surface area contributed by atoms with Crippen molar-refractivity contribution in [2.45, 2.75) is 19.9 Å². The van der Waals surface area contributed by atoms with Crippen molar-refractivity contribution >= 4 is 17.4 Å². The minimum absolute atomic E-state index is 0.232. The van der Waals surface area contributed by atoms with Gasteiger partial charge >= 0.3 is 0 Å². The van der Waals surface area contributed by atoms with E-state index in [2.05, 4.69) is 9.97 Å². The summed E-state index contributed by atoms with van der Waals surface area (Å²) in [5, 5.41) is 0.438. The average molecular weight is 280 g/mol. The largest absolute Gasteiger partial charge is 0.355 e. The Morgan fingerprint density at radius 1 is 1.21 bits per heavy atom. The molecule has 0 fully saturated rings. The van der Waals surface area contributed by atoms with Crippen LogP contribution in [0.15, 0.2) is 30.3 Å². The van der Waals surface area contributed by atoms with Crippen molar-refractivity contribution < 1.29 is 4.39 Å². The van der Waals surface area contributed by atoms with Gasteiger partial charge in [0.2, 0.25) is 0 Å². The highest BCUT2D eigenvalue weighted by Gasteiger charge is 2.07. The number of aryl methyl sites for hydroxylation is 1. The normalized spacial score (nSPS) is 10.5. The Hall–Kier alpha value is -1.68. The fourth-order valence-electron chi connectivity index (χ4n) is 1.75. The maximum Gasteiger partial charge on any atom is 0.134 e. The zero-order valence-corrected chi connectivity index (χ0v) is 11.7. The number of anilines is 1. The van der Waals surface area contributed by atoms with E-state index in [1.54, 1.807) is 18.2 Å². The van der Waals surface area contributed by atoms with E-state index in [-0.39, 0.29) is 5.82 Å². The van der Waals surface area contributed by atoms with Crippen LogP contribution in [0.3, 0.4) is 0 Å². The van der Waals surface area contributed by atoms with E-state index in [4.69, 9.17) is 11.6 Å². The minimum atomic E-state index is -0.232. The molecule has 0 N–H and O–H groups in total.